The van der Waals surface area contributed by atoms with E-state index in [1.807, 2.05) is 72.4 Å². The van der Waals surface area contributed by atoms with Gasteiger partial charge in [-0.15, -0.1) is 0 Å². The van der Waals surface area contributed by atoms with Crippen LogP contribution in [0.2, 0.25) is 0 Å². The molecule has 1 N–H and O–H groups in total. The zero-order chi connectivity index (χ0) is 16.7. The van der Waals surface area contributed by atoms with Gasteiger partial charge in [0.2, 0.25) is 0 Å². The number of fused-ring (bicyclic) bond motifs is 1. The van der Waals surface area contributed by atoms with E-state index in [9.17, 15) is 9.82 Å². The number of hydrogen-bond donors (Lipinski definition) is 1. The third-order valence-electron chi connectivity index (χ3n) is 4.33. The van der Waals surface area contributed by atoms with E-state index in [0.717, 1.165) is 22.3 Å². The number of rotatable bonds is 3. The number of aromatic nitrogens is 1. The second-order valence-corrected chi connectivity index (χ2v) is 6.05. The smallest absolute Gasteiger partial charge is 0.423 e. The Morgan fingerprint density at radius 3 is 2.88 bits per heavy atom. The van der Waals surface area contributed by atoms with E-state index in [0.29, 0.717) is 17.7 Å². The molecule has 0 unspecified atom stereocenters. The summed E-state index contributed by atoms with van der Waals surface area (Å²) in [4.78, 5) is 12.6. The van der Waals surface area contributed by atoms with E-state index in [2.05, 4.69) is 0 Å². The molecule has 0 aliphatic carbocycles. The Morgan fingerprint density at radius 1 is 1.17 bits per heavy atom. The largest absolute Gasteiger partial charge is 0.491 e. The van der Waals surface area contributed by atoms with Crippen LogP contribution in [0.5, 0.6) is 0 Å². The maximum Gasteiger partial charge on any atom is 0.491 e. The Kier molecular flexibility index (Phi) is 3.60. The summed E-state index contributed by atoms with van der Waals surface area (Å²) >= 11 is 0. The van der Waals surface area contributed by atoms with Gasteiger partial charge >= 0.3 is 7.12 Å². The lowest BCUT2D eigenvalue weighted by Crippen LogP contribution is -2.28. The third-order valence-corrected chi connectivity index (χ3v) is 4.33. The number of aryl methyl sites for hydroxylation is 1. The second-order valence-electron chi connectivity index (χ2n) is 6.05. The summed E-state index contributed by atoms with van der Waals surface area (Å²) in [6.07, 6.45) is 3.67. The van der Waals surface area contributed by atoms with Crippen molar-refractivity contribution in [2.45, 2.75) is 13.5 Å². The molecule has 0 atom stereocenters. The Balaban J connectivity index is 1.66. The molecule has 4 rings (SSSR count). The molecule has 24 heavy (non-hydrogen) atoms. The molecule has 1 aliphatic rings. The number of benzene rings is 2. The molecule has 5 heteroatoms. The van der Waals surface area contributed by atoms with Crippen molar-refractivity contribution in [1.29, 1.82) is 0 Å². The minimum Gasteiger partial charge on any atom is -0.423 e. The van der Waals surface area contributed by atoms with Crippen molar-refractivity contribution < 1.29 is 14.5 Å². The van der Waals surface area contributed by atoms with E-state index in [1.165, 1.54) is 0 Å². The van der Waals surface area contributed by atoms with Gasteiger partial charge in [-0.05, 0) is 42.2 Å². The van der Waals surface area contributed by atoms with Gasteiger partial charge in [0.05, 0.1) is 6.61 Å². The minimum atomic E-state index is -0.871. The molecule has 0 saturated carbocycles. The fourth-order valence-electron chi connectivity index (χ4n) is 3.01. The lowest BCUT2D eigenvalue weighted by molar-refractivity contribution is 0.103. The number of carbonyl (C=O) groups excluding carboxylic acids is 1. The van der Waals surface area contributed by atoms with Crippen LogP contribution in [-0.2, 0) is 11.3 Å². The number of hydrogen-bond acceptors (Lipinski definition) is 3. The van der Waals surface area contributed by atoms with Crippen molar-refractivity contribution in [2.75, 3.05) is 0 Å². The van der Waals surface area contributed by atoms with E-state index in [4.69, 9.17) is 4.65 Å². The molecule has 0 saturated heterocycles. The van der Waals surface area contributed by atoms with E-state index in [1.54, 1.807) is 0 Å². The molecule has 4 nitrogen and oxygen atoms in total. The fraction of sp³-hybridized carbons (Fsp3) is 0.105. The van der Waals surface area contributed by atoms with Gasteiger partial charge in [-0.25, -0.2) is 0 Å². The monoisotopic (exact) mass is 317 g/mol. The van der Waals surface area contributed by atoms with Crippen LogP contribution in [-0.4, -0.2) is 22.5 Å². The number of ketones is 1. The summed E-state index contributed by atoms with van der Waals surface area (Å²) in [6, 6.07) is 15.2. The van der Waals surface area contributed by atoms with Gasteiger partial charge in [0, 0.05) is 29.2 Å². The summed E-state index contributed by atoms with van der Waals surface area (Å²) in [6.45, 7) is 2.40. The highest BCUT2D eigenvalue weighted by Crippen LogP contribution is 2.17. The predicted octanol–water partition coefficient (Wildman–Crippen LogP) is 2.23. The summed E-state index contributed by atoms with van der Waals surface area (Å²) in [7, 11) is -0.871. The summed E-state index contributed by atoms with van der Waals surface area (Å²) < 4.78 is 7.10. The first-order valence-electron chi connectivity index (χ1n) is 7.84. The summed E-state index contributed by atoms with van der Waals surface area (Å²) in [5.74, 6) is 0.00183. The van der Waals surface area contributed by atoms with Gasteiger partial charge in [0.1, 0.15) is 0 Å². The van der Waals surface area contributed by atoms with Crippen LogP contribution in [0, 0.1) is 6.92 Å². The first-order chi connectivity index (χ1) is 11.6. The molecule has 3 aromatic rings. The van der Waals surface area contributed by atoms with Crippen LogP contribution in [0.3, 0.4) is 0 Å². The quantitative estimate of drug-likeness (QED) is 0.595. The molecule has 0 fully saturated rings. The van der Waals surface area contributed by atoms with Gasteiger partial charge in [-0.2, -0.15) is 0 Å². The lowest BCUT2D eigenvalue weighted by atomic mass is 9.79. The third kappa shape index (κ3) is 2.58. The lowest BCUT2D eigenvalue weighted by Gasteiger charge is -2.06. The Morgan fingerprint density at radius 2 is 2.04 bits per heavy atom. The van der Waals surface area contributed by atoms with Gasteiger partial charge in [0.25, 0.3) is 0 Å². The molecule has 1 aliphatic heterocycles. The van der Waals surface area contributed by atoms with Crippen molar-refractivity contribution >= 4 is 18.4 Å². The highest BCUT2D eigenvalue weighted by molar-refractivity contribution is 6.61. The molecule has 0 radical (unpaired) electrons. The van der Waals surface area contributed by atoms with Gasteiger partial charge in [0.15, 0.2) is 5.78 Å². The van der Waals surface area contributed by atoms with Crippen LogP contribution in [0.4, 0.5) is 0 Å². The predicted molar refractivity (Wildman–Crippen MR) is 92.8 cm³/mol. The van der Waals surface area contributed by atoms with Gasteiger partial charge < -0.3 is 14.2 Å². The Hall–Kier alpha value is -2.63. The van der Waals surface area contributed by atoms with Crippen LogP contribution >= 0.6 is 0 Å². The molecule has 0 amide bonds. The molecular weight excluding hydrogens is 301 g/mol. The second kappa shape index (κ2) is 5.78. The maximum absolute atomic E-state index is 12.6. The van der Waals surface area contributed by atoms with Gasteiger partial charge in [-0.3, -0.25) is 4.79 Å². The first-order valence-corrected chi connectivity index (χ1v) is 7.84. The van der Waals surface area contributed by atoms with Crippen LogP contribution in [0.15, 0.2) is 60.9 Å². The average Bonchev–Trinajstić information content (AvgIpc) is 3.21. The van der Waals surface area contributed by atoms with Crippen molar-refractivity contribution in [2.24, 2.45) is 0 Å². The highest BCUT2D eigenvalue weighted by atomic mass is 16.5. The van der Waals surface area contributed by atoms with E-state index < -0.39 is 7.12 Å². The van der Waals surface area contributed by atoms with Crippen molar-refractivity contribution in [3.05, 3.63) is 83.2 Å². The average molecular weight is 317 g/mol. The topological polar surface area (TPSA) is 51.5 Å². The van der Waals surface area contributed by atoms with Crippen molar-refractivity contribution in [3.8, 4) is 5.69 Å². The van der Waals surface area contributed by atoms with Crippen LogP contribution in [0.25, 0.3) is 5.69 Å². The molecule has 2 aromatic carbocycles. The van der Waals surface area contributed by atoms with Crippen molar-refractivity contribution in [3.63, 3.8) is 0 Å². The minimum absolute atomic E-state index is 0.00183. The number of carbonyl (C=O) groups is 1. The molecule has 118 valence electrons. The summed E-state index contributed by atoms with van der Waals surface area (Å²) in [5.41, 5.74) is 5.06. The van der Waals surface area contributed by atoms with Crippen LogP contribution < -0.4 is 5.46 Å². The van der Waals surface area contributed by atoms with E-state index >= 15 is 0 Å². The Bertz CT molecular complexity index is 932. The zero-order valence-electron chi connectivity index (χ0n) is 13.3. The Labute approximate surface area is 140 Å². The zero-order valence-corrected chi connectivity index (χ0v) is 13.3. The summed E-state index contributed by atoms with van der Waals surface area (Å²) in [5, 5.41) is 9.84. The standard InChI is InChI=1S/C19H16BNO3/c1-13-3-2-4-14(9-13)19(22)15-7-8-21(11-15)17-6-5-16-12-24-20(23)18(16)10-17/h2-11,23H,12H2,1H3. The SMILES string of the molecule is Cc1cccc(C(=O)c2ccn(-c3ccc4c(c3)B(O)OC4)c2)c1. The molecule has 1 aromatic heterocycles. The molecule has 0 spiro atoms. The molecular formula is C19H16BNO3. The molecule has 2 heterocycles. The molecule has 0 bridgehead atoms. The van der Waals surface area contributed by atoms with Crippen LogP contribution in [0.1, 0.15) is 27.0 Å². The highest BCUT2D eigenvalue weighted by Gasteiger charge is 2.27. The van der Waals surface area contributed by atoms with Gasteiger partial charge in [-0.1, -0.05) is 29.8 Å². The first kappa shape index (κ1) is 14.9. The van der Waals surface area contributed by atoms with Crippen molar-refractivity contribution in [1.82, 2.24) is 4.57 Å². The maximum atomic E-state index is 12.6. The fourth-order valence-corrected chi connectivity index (χ4v) is 3.01. The van der Waals surface area contributed by atoms with E-state index in [-0.39, 0.29) is 5.78 Å². The normalized spacial score (nSPS) is 13.2. The number of nitrogens with zero attached hydrogens (tertiary/aromatic N) is 1.